The number of halogens is 1. The highest BCUT2D eigenvalue weighted by Gasteiger charge is 2.16. The van der Waals surface area contributed by atoms with E-state index in [0.29, 0.717) is 22.1 Å². The fourth-order valence-corrected chi connectivity index (χ4v) is 4.70. The summed E-state index contributed by atoms with van der Waals surface area (Å²) >= 11 is 7.34. The van der Waals surface area contributed by atoms with Crippen molar-refractivity contribution in [2.45, 2.75) is 11.4 Å². The van der Waals surface area contributed by atoms with Crippen LogP contribution >= 0.6 is 22.9 Å². The fraction of sp³-hybridized carbons (Fsp3) is 0.105. The normalized spacial score (nSPS) is 11.2. The number of anilines is 1. The summed E-state index contributed by atoms with van der Waals surface area (Å²) < 4.78 is 28.1. The SMILES string of the molecule is CN(Cc1ccc(Cl)s1)C(=O)c1cccc(NS(=O)(=O)c2ccccc2)c1. The topological polar surface area (TPSA) is 66.5 Å². The maximum atomic E-state index is 12.7. The lowest BCUT2D eigenvalue weighted by atomic mass is 10.2. The Bertz CT molecular complexity index is 1050. The second-order valence-electron chi connectivity index (χ2n) is 5.87. The zero-order valence-corrected chi connectivity index (χ0v) is 16.8. The molecule has 0 aliphatic carbocycles. The molecule has 1 aromatic heterocycles. The van der Waals surface area contributed by atoms with Gasteiger partial charge in [0, 0.05) is 23.2 Å². The molecule has 0 saturated heterocycles. The van der Waals surface area contributed by atoms with Crippen LogP contribution in [0.2, 0.25) is 4.34 Å². The van der Waals surface area contributed by atoms with Crippen LogP contribution in [0.5, 0.6) is 0 Å². The van der Waals surface area contributed by atoms with Crippen molar-refractivity contribution in [1.82, 2.24) is 4.90 Å². The Kier molecular flexibility index (Phi) is 5.84. The Morgan fingerprint density at radius 3 is 2.48 bits per heavy atom. The molecule has 0 saturated carbocycles. The van der Waals surface area contributed by atoms with E-state index >= 15 is 0 Å². The second-order valence-corrected chi connectivity index (χ2v) is 9.35. The summed E-state index contributed by atoms with van der Waals surface area (Å²) in [6.07, 6.45) is 0. The number of sulfonamides is 1. The van der Waals surface area contributed by atoms with E-state index in [2.05, 4.69) is 4.72 Å². The molecule has 0 spiro atoms. The van der Waals surface area contributed by atoms with Crippen molar-refractivity contribution >= 4 is 44.6 Å². The molecule has 0 atom stereocenters. The van der Waals surface area contributed by atoms with Crippen LogP contribution in [0.25, 0.3) is 0 Å². The number of carbonyl (C=O) groups excluding carboxylic acids is 1. The predicted molar refractivity (Wildman–Crippen MR) is 109 cm³/mol. The molecule has 0 bridgehead atoms. The van der Waals surface area contributed by atoms with E-state index in [-0.39, 0.29) is 10.8 Å². The highest BCUT2D eigenvalue weighted by atomic mass is 35.5. The van der Waals surface area contributed by atoms with Crippen LogP contribution in [-0.2, 0) is 16.6 Å². The number of hydrogen-bond donors (Lipinski definition) is 1. The third-order valence-electron chi connectivity index (χ3n) is 3.78. The van der Waals surface area contributed by atoms with Crippen LogP contribution in [0.15, 0.2) is 71.6 Å². The van der Waals surface area contributed by atoms with Gasteiger partial charge in [-0.05, 0) is 42.5 Å². The lowest BCUT2D eigenvalue weighted by Crippen LogP contribution is -2.26. The third-order valence-corrected chi connectivity index (χ3v) is 6.40. The van der Waals surface area contributed by atoms with Gasteiger partial charge in [0.1, 0.15) is 0 Å². The van der Waals surface area contributed by atoms with Gasteiger partial charge in [-0.25, -0.2) is 8.42 Å². The molecule has 1 heterocycles. The lowest BCUT2D eigenvalue weighted by molar-refractivity contribution is 0.0786. The summed E-state index contributed by atoms with van der Waals surface area (Å²) in [6.45, 7) is 0.427. The summed E-state index contributed by atoms with van der Waals surface area (Å²) in [4.78, 5) is 15.4. The van der Waals surface area contributed by atoms with Gasteiger partial charge >= 0.3 is 0 Å². The van der Waals surface area contributed by atoms with Crippen LogP contribution in [0.4, 0.5) is 5.69 Å². The third kappa shape index (κ3) is 4.88. The summed E-state index contributed by atoms with van der Waals surface area (Å²) in [7, 11) is -2.02. The molecule has 0 radical (unpaired) electrons. The number of amides is 1. The van der Waals surface area contributed by atoms with Gasteiger partial charge in [-0.1, -0.05) is 35.9 Å². The molecule has 5 nitrogen and oxygen atoms in total. The average Bonchev–Trinajstić information content (AvgIpc) is 3.06. The summed E-state index contributed by atoms with van der Waals surface area (Å²) in [5.41, 5.74) is 0.727. The zero-order valence-electron chi connectivity index (χ0n) is 14.4. The first-order chi connectivity index (χ1) is 12.8. The highest BCUT2D eigenvalue weighted by Crippen LogP contribution is 2.23. The van der Waals surface area contributed by atoms with Crippen molar-refractivity contribution in [1.29, 1.82) is 0 Å². The van der Waals surface area contributed by atoms with E-state index in [1.54, 1.807) is 54.4 Å². The van der Waals surface area contributed by atoms with Crippen molar-refractivity contribution in [3.05, 3.63) is 81.5 Å². The number of carbonyl (C=O) groups is 1. The minimum Gasteiger partial charge on any atom is -0.337 e. The van der Waals surface area contributed by atoms with Gasteiger partial charge in [-0.3, -0.25) is 9.52 Å². The fourth-order valence-electron chi connectivity index (χ4n) is 2.49. The Hall–Kier alpha value is -2.35. The summed E-state index contributed by atoms with van der Waals surface area (Å²) in [5.74, 6) is -0.208. The first-order valence-electron chi connectivity index (χ1n) is 8.03. The minimum atomic E-state index is -3.71. The molecule has 0 aliphatic rings. The number of thiophene rings is 1. The number of benzene rings is 2. The second kappa shape index (κ2) is 8.12. The Morgan fingerprint density at radius 2 is 1.81 bits per heavy atom. The number of nitrogens with zero attached hydrogens (tertiary/aromatic N) is 1. The molecule has 2 aromatic carbocycles. The Balaban J connectivity index is 1.76. The number of nitrogens with one attached hydrogen (secondary N) is 1. The van der Waals surface area contributed by atoms with E-state index in [0.717, 1.165) is 4.88 Å². The van der Waals surface area contributed by atoms with Crippen molar-refractivity contribution in [3.63, 3.8) is 0 Å². The number of rotatable bonds is 6. The van der Waals surface area contributed by atoms with E-state index in [4.69, 9.17) is 11.6 Å². The van der Waals surface area contributed by atoms with E-state index in [1.165, 1.54) is 29.5 Å². The standard InChI is InChI=1S/C19H17ClN2O3S2/c1-22(13-16-10-11-18(20)26-16)19(23)14-6-5-7-15(12-14)21-27(24,25)17-8-3-2-4-9-17/h2-12,21H,13H2,1H3. The quantitative estimate of drug-likeness (QED) is 0.639. The maximum Gasteiger partial charge on any atom is 0.261 e. The molecule has 3 aromatic rings. The predicted octanol–water partition coefficient (Wildman–Crippen LogP) is 4.47. The highest BCUT2D eigenvalue weighted by molar-refractivity contribution is 7.92. The average molecular weight is 421 g/mol. The van der Waals surface area contributed by atoms with E-state index in [1.807, 2.05) is 6.07 Å². The van der Waals surface area contributed by atoms with Crippen LogP contribution in [-0.4, -0.2) is 26.3 Å². The van der Waals surface area contributed by atoms with Gasteiger partial charge in [0.2, 0.25) is 0 Å². The van der Waals surface area contributed by atoms with Gasteiger partial charge in [0.15, 0.2) is 0 Å². The van der Waals surface area contributed by atoms with E-state index < -0.39 is 10.0 Å². The smallest absolute Gasteiger partial charge is 0.261 e. The first-order valence-corrected chi connectivity index (χ1v) is 10.7. The van der Waals surface area contributed by atoms with Crippen LogP contribution in [0.1, 0.15) is 15.2 Å². The van der Waals surface area contributed by atoms with Gasteiger partial charge < -0.3 is 4.90 Å². The molecular weight excluding hydrogens is 404 g/mol. The van der Waals surface area contributed by atoms with Crippen molar-refractivity contribution in [2.75, 3.05) is 11.8 Å². The van der Waals surface area contributed by atoms with Gasteiger partial charge in [-0.15, -0.1) is 11.3 Å². The van der Waals surface area contributed by atoms with Crippen molar-refractivity contribution < 1.29 is 13.2 Å². The monoisotopic (exact) mass is 420 g/mol. The molecule has 140 valence electrons. The molecule has 3 rings (SSSR count). The van der Waals surface area contributed by atoms with Crippen LogP contribution in [0.3, 0.4) is 0 Å². The molecule has 0 unspecified atom stereocenters. The maximum absolute atomic E-state index is 12.7. The molecule has 8 heteroatoms. The largest absolute Gasteiger partial charge is 0.337 e. The van der Waals surface area contributed by atoms with Crippen LogP contribution in [0, 0.1) is 0 Å². The van der Waals surface area contributed by atoms with E-state index in [9.17, 15) is 13.2 Å². The summed E-state index contributed by atoms with van der Waals surface area (Å²) in [6, 6.07) is 18.2. The summed E-state index contributed by atoms with van der Waals surface area (Å²) in [5, 5.41) is 0. The minimum absolute atomic E-state index is 0.161. The molecule has 27 heavy (non-hydrogen) atoms. The molecule has 1 N–H and O–H groups in total. The number of hydrogen-bond acceptors (Lipinski definition) is 4. The van der Waals surface area contributed by atoms with Crippen molar-refractivity contribution in [3.8, 4) is 0 Å². The Morgan fingerprint density at radius 1 is 1.07 bits per heavy atom. The van der Waals surface area contributed by atoms with Gasteiger partial charge in [-0.2, -0.15) is 0 Å². The molecule has 0 fully saturated rings. The van der Waals surface area contributed by atoms with Crippen molar-refractivity contribution in [2.24, 2.45) is 0 Å². The van der Waals surface area contributed by atoms with Gasteiger partial charge in [0.05, 0.1) is 15.8 Å². The molecular formula is C19H17ClN2O3S2. The molecule has 0 aliphatic heterocycles. The Labute approximate surface area is 167 Å². The zero-order chi connectivity index (χ0) is 19.4. The lowest BCUT2D eigenvalue weighted by Gasteiger charge is -2.17. The first kappa shape index (κ1) is 19.4. The van der Waals surface area contributed by atoms with Crippen LogP contribution < -0.4 is 4.72 Å². The van der Waals surface area contributed by atoms with Gasteiger partial charge in [0.25, 0.3) is 15.9 Å². The molecule has 1 amide bonds.